The van der Waals surface area contributed by atoms with Crippen LogP contribution >= 0.6 is 43.2 Å². The van der Waals surface area contributed by atoms with Gasteiger partial charge in [0.1, 0.15) is 11.5 Å². The molecule has 0 spiro atoms. The van der Waals surface area contributed by atoms with Gasteiger partial charge in [0.25, 0.3) is 0 Å². The van der Waals surface area contributed by atoms with Crippen LogP contribution in [-0.2, 0) is 7.05 Å². The molecule has 3 rings (SSSR count). The fourth-order valence-corrected chi connectivity index (χ4v) is 4.09. The molecule has 0 atom stereocenters. The monoisotopic (exact) mass is 411 g/mol. The first-order valence-electron chi connectivity index (χ1n) is 5.89. The third-order valence-electron chi connectivity index (χ3n) is 3.05. The highest BCUT2D eigenvalue weighted by Crippen LogP contribution is 2.41. The van der Waals surface area contributed by atoms with Crippen LogP contribution in [0.4, 0.5) is 5.82 Å². The first-order chi connectivity index (χ1) is 9.58. The van der Waals surface area contributed by atoms with E-state index in [1.807, 2.05) is 36.7 Å². The third kappa shape index (κ3) is 2.32. The van der Waals surface area contributed by atoms with E-state index in [0.29, 0.717) is 5.82 Å². The lowest BCUT2D eigenvalue weighted by atomic mass is 10.1. The van der Waals surface area contributed by atoms with Gasteiger partial charge in [-0.1, -0.05) is 44.0 Å². The number of nitrogens with two attached hydrogens (primary N) is 1. The Hall–Kier alpha value is -1.11. The molecule has 0 saturated heterocycles. The number of anilines is 1. The number of benzene rings is 1. The summed E-state index contributed by atoms with van der Waals surface area (Å²) in [5.41, 5.74) is 9.11. The Morgan fingerprint density at radius 3 is 2.70 bits per heavy atom. The molecule has 20 heavy (non-hydrogen) atoms. The van der Waals surface area contributed by atoms with Gasteiger partial charge in [-0.15, -0.1) is 11.3 Å². The van der Waals surface area contributed by atoms with Crippen LogP contribution in [0.2, 0.25) is 0 Å². The molecule has 0 radical (unpaired) electrons. The highest BCUT2D eigenvalue weighted by molar-refractivity contribution is 9.11. The van der Waals surface area contributed by atoms with Gasteiger partial charge in [0, 0.05) is 26.4 Å². The minimum absolute atomic E-state index is 0.678. The number of halogens is 2. The Balaban J connectivity index is 2.27. The van der Waals surface area contributed by atoms with Crippen LogP contribution in [-0.4, -0.2) is 9.78 Å². The molecule has 2 N–H and O–H groups in total. The van der Waals surface area contributed by atoms with Crippen molar-refractivity contribution in [2.45, 2.75) is 0 Å². The molecule has 0 saturated carbocycles. The van der Waals surface area contributed by atoms with Crippen molar-refractivity contribution >= 4 is 49.0 Å². The minimum Gasteiger partial charge on any atom is -0.383 e. The molecular weight excluding hydrogens is 402 g/mol. The molecule has 0 fully saturated rings. The Morgan fingerprint density at radius 1 is 1.25 bits per heavy atom. The number of rotatable bonds is 2. The molecule has 0 aliphatic rings. The zero-order valence-corrected chi connectivity index (χ0v) is 14.6. The van der Waals surface area contributed by atoms with Crippen molar-refractivity contribution in [3.8, 4) is 21.7 Å². The Bertz CT molecular complexity index is 763. The lowest BCUT2D eigenvalue weighted by Crippen LogP contribution is -1.97. The molecule has 102 valence electrons. The van der Waals surface area contributed by atoms with Crippen molar-refractivity contribution in [1.29, 1.82) is 0 Å². The second kappa shape index (κ2) is 5.35. The van der Waals surface area contributed by atoms with E-state index in [2.05, 4.69) is 43.0 Å². The predicted octanol–water partition coefficient (Wildman–Crippen LogP) is 4.92. The molecule has 2 heterocycles. The number of nitrogens with zero attached hydrogens (tertiary/aromatic N) is 2. The van der Waals surface area contributed by atoms with Crippen LogP contribution in [0.25, 0.3) is 21.7 Å². The first-order valence-corrected chi connectivity index (χ1v) is 8.36. The molecule has 0 aliphatic heterocycles. The lowest BCUT2D eigenvalue weighted by molar-refractivity contribution is 0.782. The van der Waals surface area contributed by atoms with Gasteiger partial charge in [-0.2, -0.15) is 5.10 Å². The molecule has 1 aromatic carbocycles. The van der Waals surface area contributed by atoms with E-state index in [0.717, 1.165) is 30.6 Å². The summed E-state index contributed by atoms with van der Waals surface area (Å²) in [7, 11) is 1.86. The predicted molar refractivity (Wildman–Crippen MR) is 91.8 cm³/mol. The molecule has 3 nitrogen and oxygen atoms in total. The quantitative estimate of drug-likeness (QED) is 0.648. The smallest absolute Gasteiger partial charge is 0.130 e. The SMILES string of the molecule is Cn1nc(-c2ccc(Br)cc2Br)c(-c2cccs2)c1N. The van der Waals surface area contributed by atoms with E-state index in [1.165, 1.54) is 0 Å². The summed E-state index contributed by atoms with van der Waals surface area (Å²) in [6, 6.07) is 10.1. The summed E-state index contributed by atoms with van der Waals surface area (Å²) < 4.78 is 3.73. The topological polar surface area (TPSA) is 43.8 Å². The fourth-order valence-electron chi connectivity index (χ4n) is 2.07. The molecule has 0 bridgehead atoms. The number of hydrogen-bond acceptors (Lipinski definition) is 3. The summed E-state index contributed by atoms with van der Waals surface area (Å²) in [4.78, 5) is 1.13. The average Bonchev–Trinajstić information content (AvgIpc) is 2.99. The summed E-state index contributed by atoms with van der Waals surface area (Å²) in [5, 5.41) is 6.62. The van der Waals surface area contributed by atoms with Gasteiger partial charge >= 0.3 is 0 Å². The Morgan fingerprint density at radius 2 is 2.05 bits per heavy atom. The summed E-state index contributed by atoms with van der Waals surface area (Å²) in [6.45, 7) is 0. The van der Waals surface area contributed by atoms with Crippen molar-refractivity contribution in [1.82, 2.24) is 9.78 Å². The number of aromatic nitrogens is 2. The van der Waals surface area contributed by atoms with Crippen molar-refractivity contribution < 1.29 is 0 Å². The van der Waals surface area contributed by atoms with Crippen LogP contribution in [0.15, 0.2) is 44.7 Å². The molecule has 0 aliphatic carbocycles. The Labute approximate surface area is 137 Å². The second-order valence-corrected chi connectivity index (χ2v) is 7.05. The first kappa shape index (κ1) is 13.9. The number of hydrogen-bond donors (Lipinski definition) is 1. The van der Waals surface area contributed by atoms with Crippen LogP contribution in [0, 0.1) is 0 Å². The van der Waals surface area contributed by atoms with Gasteiger partial charge in [-0.3, -0.25) is 4.68 Å². The zero-order valence-electron chi connectivity index (χ0n) is 10.6. The largest absolute Gasteiger partial charge is 0.383 e. The van der Waals surface area contributed by atoms with E-state index in [1.54, 1.807) is 16.0 Å². The molecule has 0 amide bonds. The van der Waals surface area contributed by atoms with E-state index in [-0.39, 0.29) is 0 Å². The lowest BCUT2D eigenvalue weighted by Gasteiger charge is -2.05. The van der Waals surface area contributed by atoms with E-state index >= 15 is 0 Å². The molecule has 6 heteroatoms. The maximum atomic E-state index is 6.19. The number of aryl methyl sites for hydroxylation is 1. The van der Waals surface area contributed by atoms with Crippen molar-refractivity contribution in [3.63, 3.8) is 0 Å². The van der Waals surface area contributed by atoms with Crippen LogP contribution in [0.1, 0.15) is 0 Å². The maximum absolute atomic E-state index is 6.19. The zero-order chi connectivity index (χ0) is 14.3. The standard InChI is InChI=1S/C14H11Br2N3S/c1-19-14(17)12(11-3-2-6-20-11)13(18-19)9-5-4-8(15)7-10(9)16/h2-7H,17H2,1H3. The van der Waals surface area contributed by atoms with Crippen molar-refractivity contribution in [3.05, 3.63) is 44.7 Å². The third-order valence-corrected chi connectivity index (χ3v) is 5.08. The number of nitrogen functional groups attached to an aromatic ring is 1. The van der Waals surface area contributed by atoms with Gasteiger partial charge in [-0.25, -0.2) is 0 Å². The summed E-state index contributed by atoms with van der Waals surface area (Å²) in [5.74, 6) is 0.678. The van der Waals surface area contributed by atoms with E-state index in [9.17, 15) is 0 Å². The molecule has 2 aromatic heterocycles. The van der Waals surface area contributed by atoms with Crippen LogP contribution in [0.3, 0.4) is 0 Å². The van der Waals surface area contributed by atoms with Gasteiger partial charge in [0.15, 0.2) is 0 Å². The Kier molecular flexibility index (Phi) is 3.70. The normalized spacial score (nSPS) is 10.9. The molecular formula is C14H11Br2N3S. The average molecular weight is 413 g/mol. The summed E-state index contributed by atoms with van der Waals surface area (Å²) in [6.07, 6.45) is 0. The highest BCUT2D eigenvalue weighted by atomic mass is 79.9. The second-order valence-electron chi connectivity index (χ2n) is 4.33. The summed E-state index contributed by atoms with van der Waals surface area (Å²) >= 11 is 8.73. The molecule has 0 unspecified atom stereocenters. The van der Waals surface area contributed by atoms with Gasteiger partial charge in [-0.05, 0) is 23.6 Å². The van der Waals surface area contributed by atoms with E-state index in [4.69, 9.17) is 5.73 Å². The van der Waals surface area contributed by atoms with Crippen molar-refractivity contribution in [2.24, 2.45) is 7.05 Å². The van der Waals surface area contributed by atoms with Crippen LogP contribution in [0.5, 0.6) is 0 Å². The van der Waals surface area contributed by atoms with Gasteiger partial charge < -0.3 is 5.73 Å². The van der Waals surface area contributed by atoms with Crippen molar-refractivity contribution in [2.75, 3.05) is 5.73 Å². The van der Waals surface area contributed by atoms with E-state index < -0.39 is 0 Å². The molecule has 3 aromatic rings. The fraction of sp³-hybridized carbons (Fsp3) is 0.0714. The van der Waals surface area contributed by atoms with Gasteiger partial charge in [0.2, 0.25) is 0 Å². The highest BCUT2D eigenvalue weighted by Gasteiger charge is 2.19. The minimum atomic E-state index is 0.678. The maximum Gasteiger partial charge on any atom is 0.130 e. The van der Waals surface area contributed by atoms with Gasteiger partial charge in [0.05, 0.1) is 5.56 Å². The number of thiophene rings is 1. The van der Waals surface area contributed by atoms with Crippen LogP contribution < -0.4 is 5.73 Å².